The molecule has 27 heavy (non-hydrogen) atoms. The van der Waals surface area contributed by atoms with Crippen molar-refractivity contribution in [1.29, 1.82) is 0 Å². The molecule has 0 aliphatic carbocycles. The molecule has 0 fully saturated rings. The van der Waals surface area contributed by atoms with Crippen LogP contribution in [0.3, 0.4) is 0 Å². The van der Waals surface area contributed by atoms with Crippen molar-refractivity contribution in [3.8, 4) is 11.5 Å². The molecule has 138 valence electrons. The van der Waals surface area contributed by atoms with Crippen LogP contribution in [0.2, 0.25) is 0 Å². The molecule has 2 heterocycles. The van der Waals surface area contributed by atoms with Gasteiger partial charge in [-0.15, -0.1) is 0 Å². The predicted molar refractivity (Wildman–Crippen MR) is 96.6 cm³/mol. The summed E-state index contributed by atoms with van der Waals surface area (Å²) < 4.78 is 5.81. The van der Waals surface area contributed by atoms with E-state index in [2.05, 4.69) is 10.1 Å². The number of benzene rings is 1. The Hall–Kier alpha value is -3.75. The standard InChI is InChI=1S/C18H17N5O4/c19-15(24)9-11-22(13-6-2-1-3-7-13)16(25)12-23-17(21-27-18(23)26)14-8-4-5-10-20-14/h1-8,10H,9,11-12H2,(H2,19,24). The van der Waals surface area contributed by atoms with Crippen LogP contribution in [0.25, 0.3) is 11.5 Å². The first-order chi connectivity index (χ1) is 13.1. The van der Waals surface area contributed by atoms with E-state index < -0.39 is 17.6 Å². The Labute approximate surface area is 154 Å². The lowest BCUT2D eigenvalue weighted by Crippen LogP contribution is -2.38. The molecule has 0 bridgehead atoms. The lowest BCUT2D eigenvalue weighted by Gasteiger charge is -2.22. The normalized spacial score (nSPS) is 10.5. The second-order valence-electron chi connectivity index (χ2n) is 5.67. The van der Waals surface area contributed by atoms with Crippen LogP contribution in [0.1, 0.15) is 6.42 Å². The summed E-state index contributed by atoms with van der Waals surface area (Å²) in [5.74, 6) is -1.56. The Kier molecular flexibility index (Phi) is 5.41. The van der Waals surface area contributed by atoms with E-state index in [9.17, 15) is 14.4 Å². The van der Waals surface area contributed by atoms with Crippen molar-refractivity contribution < 1.29 is 14.1 Å². The van der Waals surface area contributed by atoms with Crippen molar-refractivity contribution in [2.45, 2.75) is 13.0 Å². The van der Waals surface area contributed by atoms with Gasteiger partial charge in [0.1, 0.15) is 12.2 Å². The summed E-state index contributed by atoms with van der Waals surface area (Å²) in [7, 11) is 0. The van der Waals surface area contributed by atoms with Crippen molar-refractivity contribution in [3.63, 3.8) is 0 Å². The Bertz CT molecular complexity index is 982. The van der Waals surface area contributed by atoms with Gasteiger partial charge < -0.3 is 10.6 Å². The number of carbonyl (C=O) groups is 2. The van der Waals surface area contributed by atoms with Crippen LogP contribution in [0.5, 0.6) is 0 Å². The second-order valence-corrected chi connectivity index (χ2v) is 5.67. The number of amides is 2. The molecule has 0 saturated heterocycles. The number of carbonyl (C=O) groups excluding carboxylic acids is 2. The number of primary amides is 1. The van der Waals surface area contributed by atoms with E-state index in [4.69, 9.17) is 10.3 Å². The van der Waals surface area contributed by atoms with Crippen molar-refractivity contribution in [2.75, 3.05) is 11.4 Å². The molecular formula is C18H17N5O4. The van der Waals surface area contributed by atoms with Crippen LogP contribution in [-0.4, -0.2) is 33.1 Å². The van der Waals surface area contributed by atoms with Crippen LogP contribution in [-0.2, 0) is 16.1 Å². The SMILES string of the molecule is NC(=O)CCN(C(=O)Cn1c(-c2ccccn2)noc1=O)c1ccccc1. The molecule has 2 amide bonds. The number of nitrogens with two attached hydrogens (primary N) is 1. The maximum Gasteiger partial charge on any atom is 0.442 e. The van der Waals surface area contributed by atoms with Gasteiger partial charge in [-0.2, -0.15) is 0 Å². The molecule has 9 heteroatoms. The van der Waals surface area contributed by atoms with Gasteiger partial charge in [-0.25, -0.2) is 9.36 Å². The van der Waals surface area contributed by atoms with E-state index in [1.165, 1.54) is 4.90 Å². The van der Waals surface area contributed by atoms with Crippen LogP contribution in [0, 0.1) is 0 Å². The molecular weight excluding hydrogens is 350 g/mol. The molecule has 2 N–H and O–H groups in total. The van der Waals surface area contributed by atoms with Crippen molar-refractivity contribution >= 4 is 17.5 Å². The van der Waals surface area contributed by atoms with Gasteiger partial charge in [0.15, 0.2) is 0 Å². The average Bonchev–Trinajstić information content (AvgIpc) is 3.04. The van der Waals surface area contributed by atoms with Gasteiger partial charge in [-0.1, -0.05) is 29.4 Å². The molecule has 3 aromatic rings. The number of pyridine rings is 1. The quantitative estimate of drug-likeness (QED) is 0.659. The van der Waals surface area contributed by atoms with Crippen LogP contribution in [0.15, 0.2) is 64.0 Å². The molecule has 2 aromatic heterocycles. The minimum absolute atomic E-state index is 0.00767. The van der Waals surface area contributed by atoms with E-state index in [0.717, 1.165) is 4.57 Å². The van der Waals surface area contributed by atoms with Crippen molar-refractivity contribution in [1.82, 2.24) is 14.7 Å². The number of nitrogens with zero attached hydrogens (tertiary/aromatic N) is 4. The van der Waals surface area contributed by atoms with Gasteiger partial charge in [0.25, 0.3) is 0 Å². The van der Waals surface area contributed by atoms with Gasteiger partial charge in [0, 0.05) is 24.8 Å². The lowest BCUT2D eigenvalue weighted by atomic mass is 10.2. The van der Waals surface area contributed by atoms with Gasteiger partial charge >= 0.3 is 5.76 Å². The monoisotopic (exact) mass is 367 g/mol. The molecule has 0 unspecified atom stereocenters. The van der Waals surface area contributed by atoms with Gasteiger partial charge in [-0.3, -0.25) is 19.1 Å². The highest BCUT2D eigenvalue weighted by atomic mass is 16.5. The average molecular weight is 367 g/mol. The molecule has 0 aliphatic rings. The van der Waals surface area contributed by atoms with E-state index >= 15 is 0 Å². The number of rotatable bonds is 7. The molecule has 0 spiro atoms. The molecule has 1 aromatic carbocycles. The predicted octanol–water partition coefficient (Wildman–Crippen LogP) is 0.807. The smallest absolute Gasteiger partial charge is 0.370 e. The third kappa shape index (κ3) is 4.27. The molecule has 0 radical (unpaired) electrons. The third-order valence-corrected chi connectivity index (χ3v) is 3.82. The fourth-order valence-corrected chi connectivity index (χ4v) is 2.54. The van der Waals surface area contributed by atoms with E-state index in [1.54, 1.807) is 48.7 Å². The van der Waals surface area contributed by atoms with E-state index in [1.807, 2.05) is 6.07 Å². The van der Waals surface area contributed by atoms with Gasteiger partial charge in [-0.05, 0) is 24.3 Å². The number of anilines is 1. The minimum Gasteiger partial charge on any atom is -0.370 e. The summed E-state index contributed by atoms with van der Waals surface area (Å²) in [6, 6.07) is 13.9. The van der Waals surface area contributed by atoms with Crippen molar-refractivity contribution in [3.05, 3.63) is 65.3 Å². The highest BCUT2D eigenvalue weighted by Gasteiger charge is 2.21. The number of hydrogen-bond donors (Lipinski definition) is 1. The molecule has 0 saturated carbocycles. The number of hydrogen-bond acceptors (Lipinski definition) is 6. The first-order valence-electron chi connectivity index (χ1n) is 8.18. The molecule has 0 atom stereocenters. The van der Waals surface area contributed by atoms with Gasteiger partial charge in [0.2, 0.25) is 17.6 Å². The third-order valence-electron chi connectivity index (χ3n) is 3.82. The first kappa shape index (κ1) is 18.1. The Balaban J connectivity index is 1.89. The summed E-state index contributed by atoms with van der Waals surface area (Å²) in [5, 5.41) is 3.71. The highest BCUT2D eigenvalue weighted by molar-refractivity contribution is 5.94. The van der Waals surface area contributed by atoms with Crippen LogP contribution < -0.4 is 16.4 Å². The van der Waals surface area contributed by atoms with E-state index in [0.29, 0.717) is 11.4 Å². The Morgan fingerprint density at radius 3 is 2.52 bits per heavy atom. The number of aromatic nitrogens is 3. The summed E-state index contributed by atoms with van der Waals surface area (Å²) in [4.78, 5) is 41.6. The highest BCUT2D eigenvalue weighted by Crippen LogP contribution is 2.16. The zero-order valence-corrected chi connectivity index (χ0v) is 14.3. The topological polar surface area (TPSA) is 124 Å². The summed E-state index contributed by atoms with van der Waals surface area (Å²) in [6.07, 6.45) is 1.54. The van der Waals surface area contributed by atoms with Crippen molar-refractivity contribution in [2.24, 2.45) is 5.73 Å². The zero-order chi connectivity index (χ0) is 19.2. The van der Waals surface area contributed by atoms with Crippen LogP contribution in [0.4, 0.5) is 5.69 Å². The number of para-hydroxylation sites is 1. The molecule has 3 rings (SSSR count). The first-order valence-corrected chi connectivity index (χ1v) is 8.18. The molecule has 0 aliphatic heterocycles. The fraction of sp³-hybridized carbons (Fsp3) is 0.167. The zero-order valence-electron chi connectivity index (χ0n) is 14.3. The Morgan fingerprint density at radius 2 is 1.85 bits per heavy atom. The minimum atomic E-state index is -0.771. The summed E-state index contributed by atoms with van der Waals surface area (Å²) >= 11 is 0. The van der Waals surface area contributed by atoms with Crippen LogP contribution >= 0.6 is 0 Å². The lowest BCUT2D eigenvalue weighted by molar-refractivity contribution is -0.119. The van der Waals surface area contributed by atoms with Gasteiger partial charge in [0.05, 0.1) is 0 Å². The second kappa shape index (κ2) is 8.09. The Morgan fingerprint density at radius 1 is 1.11 bits per heavy atom. The summed E-state index contributed by atoms with van der Waals surface area (Å²) in [5.41, 5.74) is 6.21. The van der Waals surface area contributed by atoms with E-state index in [-0.39, 0.29) is 25.3 Å². The maximum atomic E-state index is 12.9. The fourth-order valence-electron chi connectivity index (χ4n) is 2.54. The largest absolute Gasteiger partial charge is 0.442 e. The molecule has 9 nitrogen and oxygen atoms in total. The summed E-state index contributed by atoms with van der Waals surface area (Å²) in [6.45, 7) is -0.223. The maximum absolute atomic E-state index is 12.9.